The number of nitrogens with zero attached hydrogens (tertiary/aromatic N) is 3. The first-order valence-corrected chi connectivity index (χ1v) is 12.4. The van der Waals surface area contributed by atoms with Gasteiger partial charge >= 0.3 is 0 Å². The number of aliphatic hydroxyl groups excluding tert-OH is 1. The van der Waals surface area contributed by atoms with Gasteiger partial charge in [0.1, 0.15) is 17.3 Å². The van der Waals surface area contributed by atoms with E-state index in [1.165, 1.54) is 0 Å². The van der Waals surface area contributed by atoms with E-state index in [9.17, 15) is 5.11 Å². The molecule has 196 valence electrons. The highest BCUT2D eigenvalue weighted by Crippen LogP contribution is 2.32. The maximum Gasteiger partial charge on any atom is 0.227 e. The van der Waals surface area contributed by atoms with Crippen LogP contribution in [0.25, 0.3) is 5.69 Å². The van der Waals surface area contributed by atoms with Gasteiger partial charge in [0.15, 0.2) is 0 Å². The minimum atomic E-state index is -0.659. The number of furan rings is 1. The smallest absolute Gasteiger partial charge is 0.227 e. The van der Waals surface area contributed by atoms with Crippen molar-refractivity contribution >= 4 is 0 Å². The molecule has 0 radical (unpaired) electrons. The standard InChI is InChI=1S/C29H35N3O5/c1-21(2)36-20-24(33)17-31(18-27-11-8-16-35-27)19-28-22(3)30-32(23-9-6-5-7-10-23)29(28)37-26-14-12-25(34-4)13-15-26/h5-16,21,24,33H,17-20H2,1-4H3/t24-/m1/s1. The van der Waals surface area contributed by atoms with E-state index in [1.54, 1.807) is 13.4 Å². The topological polar surface area (TPSA) is 82.1 Å². The number of hydrogen-bond acceptors (Lipinski definition) is 7. The Labute approximate surface area is 218 Å². The molecule has 0 amide bonds. The molecule has 37 heavy (non-hydrogen) atoms. The van der Waals surface area contributed by atoms with Crippen molar-refractivity contribution in [2.75, 3.05) is 20.3 Å². The maximum absolute atomic E-state index is 10.7. The van der Waals surface area contributed by atoms with Gasteiger partial charge in [-0.05, 0) is 69.3 Å². The molecule has 2 aromatic heterocycles. The van der Waals surface area contributed by atoms with Crippen LogP contribution in [0.4, 0.5) is 0 Å². The number of ether oxygens (including phenoxy) is 3. The summed E-state index contributed by atoms with van der Waals surface area (Å²) >= 11 is 0. The Hall–Kier alpha value is -3.59. The highest BCUT2D eigenvalue weighted by molar-refractivity contribution is 5.44. The summed E-state index contributed by atoms with van der Waals surface area (Å²) in [7, 11) is 1.63. The van der Waals surface area contributed by atoms with Crippen LogP contribution in [0.2, 0.25) is 0 Å². The van der Waals surface area contributed by atoms with E-state index in [4.69, 9.17) is 23.7 Å². The molecule has 1 atom stereocenters. The number of methoxy groups -OCH3 is 1. The van der Waals surface area contributed by atoms with Crippen molar-refractivity contribution in [3.8, 4) is 23.1 Å². The molecule has 4 rings (SSSR count). The molecular weight excluding hydrogens is 470 g/mol. The van der Waals surface area contributed by atoms with Gasteiger partial charge in [-0.1, -0.05) is 18.2 Å². The molecule has 8 heteroatoms. The first kappa shape index (κ1) is 26.5. The largest absolute Gasteiger partial charge is 0.497 e. The molecule has 2 aromatic carbocycles. The van der Waals surface area contributed by atoms with Gasteiger partial charge in [-0.2, -0.15) is 5.10 Å². The second kappa shape index (κ2) is 12.6. The van der Waals surface area contributed by atoms with Crippen molar-refractivity contribution in [3.05, 3.63) is 90.0 Å². The highest BCUT2D eigenvalue weighted by Gasteiger charge is 2.23. The molecule has 0 saturated heterocycles. The number of aromatic nitrogens is 2. The molecule has 0 aliphatic rings. The Morgan fingerprint density at radius 2 is 1.70 bits per heavy atom. The van der Waals surface area contributed by atoms with Crippen molar-refractivity contribution in [2.45, 2.75) is 46.1 Å². The maximum atomic E-state index is 10.7. The zero-order chi connectivity index (χ0) is 26.2. The average Bonchev–Trinajstić information content (AvgIpc) is 3.52. The van der Waals surface area contributed by atoms with Gasteiger partial charge in [-0.25, -0.2) is 4.68 Å². The number of benzene rings is 2. The Morgan fingerprint density at radius 3 is 2.35 bits per heavy atom. The third-order valence-electron chi connectivity index (χ3n) is 5.84. The van der Waals surface area contributed by atoms with E-state index in [0.29, 0.717) is 31.3 Å². The van der Waals surface area contributed by atoms with Crippen LogP contribution in [0.1, 0.15) is 30.9 Å². The predicted octanol–water partition coefficient (Wildman–Crippen LogP) is 5.36. The second-order valence-electron chi connectivity index (χ2n) is 9.18. The van der Waals surface area contributed by atoms with Crippen LogP contribution in [-0.2, 0) is 17.8 Å². The van der Waals surface area contributed by atoms with Crippen LogP contribution in [0.3, 0.4) is 0 Å². The van der Waals surface area contributed by atoms with Gasteiger partial charge in [-0.3, -0.25) is 4.90 Å². The lowest BCUT2D eigenvalue weighted by molar-refractivity contribution is -0.0114. The monoisotopic (exact) mass is 505 g/mol. The Balaban J connectivity index is 1.66. The number of rotatable bonds is 13. The van der Waals surface area contributed by atoms with E-state index >= 15 is 0 Å². The van der Waals surface area contributed by atoms with Crippen molar-refractivity contribution in [2.24, 2.45) is 0 Å². The molecular formula is C29H35N3O5. The molecule has 0 spiro atoms. The highest BCUT2D eigenvalue weighted by atomic mass is 16.5. The Morgan fingerprint density at radius 1 is 0.973 bits per heavy atom. The van der Waals surface area contributed by atoms with Gasteiger partial charge < -0.3 is 23.7 Å². The van der Waals surface area contributed by atoms with E-state index < -0.39 is 6.10 Å². The summed E-state index contributed by atoms with van der Waals surface area (Å²) in [6, 6.07) is 21.1. The molecule has 8 nitrogen and oxygen atoms in total. The summed E-state index contributed by atoms with van der Waals surface area (Å²) in [5, 5.41) is 15.5. The van der Waals surface area contributed by atoms with Gasteiger partial charge in [0, 0.05) is 13.1 Å². The number of para-hydroxylation sites is 1. The summed E-state index contributed by atoms with van der Waals surface area (Å²) in [5.74, 6) is 2.85. The quantitative estimate of drug-likeness (QED) is 0.262. The van der Waals surface area contributed by atoms with Crippen molar-refractivity contribution in [1.29, 1.82) is 0 Å². The molecule has 0 aliphatic carbocycles. The molecule has 2 heterocycles. The van der Waals surface area contributed by atoms with E-state index in [2.05, 4.69) is 4.90 Å². The molecule has 0 unspecified atom stereocenters. The van der Waals surface area contributed by atoms with Gasteiger partial charge in [0.2, 0.25) is 5.88 Å². The van der Waals surface area contributed by atoms with Crippen molar-refractivity contribution in [1.82, 2.24) is 14.7 Å². The van der Waals surface area contributed by atoms with Crippen molar-refractivity contribution in [3.63, 3.8) is 0 Å². The van der Waals surface area contributed by atoms with Crippen LogP contribution < -0.4 is 9.47 Å². The summed E-state index contributed by atoms with van der Waals surface area (Å²) in [6.07, 6.45) is 1.04. The van der Waals surface area contributed by atoms with E-state index in [1.807, 2.05) is 92.2 Å². The van der Waals surface area contributed by atoms with Crippen molar-refractivity contribution < 1.29 is 23.7 Å². The molecule has 0 bridgehead atoms. The third kappa shape index (κ3) is 7.22. The molecule has 0 saturated carbocycles. The normalized spacial score (nSPS) is 12.3. The fourth-order valence-corrected chi connectivity index (χ4v) is 4.01. The van der Waals surface area contributed by atoms with Gasteiger partial charge in [0.25, 0.3) is 0 Å². The van der Waals surface area contributed by atoms with Crippen LogP contribution in [-0.4, -0.2) is 52.3 Å². The predicted molar refractivity (Wildman–Crippen MR) is 141 cm³/mol. The number of hydrogen-bond donors (Lipinski definition) is 1. The SMILES string of the molecule is COc1ccc(Oc2c(CN(Cc3ccco3)C[C@@H](O)COC(C)C)c(C)nn2-c2ccccc2)cc1. The second-order valence-corrected chi connectivity index (χ2v) is 9.18. The average molecular weight is 506 g/mol. The molecule has 0 fully saturated rings. The van der Waals surface area contributed by atoms with E-state index in [-0.39, 0.29) is 12.7 Å². The molecule has 4 aromatic rings. The van der Waals surface area contributed by atoms with Gasteiger partial charge in [0.05, 0.1) is 55.7 Å². The van der Waals surface area contributed by atoms with Crippen LogP contribution in [0, 0.1) is 6.92 Å². The lowest BCUT2D eigenvalue weighted by Gasteiger charge is -2.25. The zero-order valence-corrected chi connectivity index (χ0v) is 21.8. The Bertz CT molecular complexity index is 1220. The lowest BCUT2D eigenvalue weighted by atomic mass is 10.2. The van der Waals surface area contributed by atoms with Crippen LogP contribution in [0.5, 0.6) is 17.4 Å². The zero-order valence-electron chi connectivity index (χ0n) is 21.8. The molecule has 1 N–H and O–H groups in total. The summed E-state index contributed by atoms with van der Waals surface area (Å²) in [6.45, 7) is 7.54. The van der Waals surface area contributed by atoms with Crippen LogP contribution in [0.15, 0.2) is 77.4 Å². The fraction of sp³-hybridized carbons (Fsp3) is 0.345. The summed E-state index contributed by atoms with van der Waals surface area (Å²) in [5.41, 5.74) is 2.65. The molecule has 0 aliphatic heterocycles. The number of aryl methyl sites for hydroxylation is 1. The summed E-state index contributed by atoms with van der Waals surface area (Å²) < 4.78 is 24.8. The summed E-state index contributed by atoms with van der Waals surface area (Å²) in [4.78, 5) is 2.12. The Kier molecular flexibility index (Phi) is 9.00. The lowest BCUT2D eigenvalue weighted by Crippen LogP contribution is -2.35. The number of aliphatic hydroxyl groups is 1. The van der Waals surface area contributed by atoms with E-state index in [0.717, 1.165) is 28.5 Å². The first-order chi connectivity index (χ1) is 17.9. The fourth-order valence-electron chi connectivity index (χ4n) is 4.01. The minimum absolute atomic E-state index is 0.0454. The first-order valence-electron chi connectivity index (χ1n) is 12.4. The minimum Gasteiger partial charge on any atom is -0.497 e. The van der Waals surface area contributed by atoms with Gasteiger partial charge in [-0.15, -0.1) is 0 Å². The van der Waals surface area contributed by atoms with Crippen LogP contribution >= 0.6 is 0 Å². The third-order valence-corrected chi connectivity index (χ3v) is 5.84.